The highest BCUT2D eigenvalue weighted by molar-refractivity contribution is 6.35. The first-order valence-electron chi connectivity index (χ1n) is 7.88. The Morgan fingerprint density at radius 3 is 2.71 bits per heavy atom. The third-order valence-corrected chi connectivity index (χ3v) is 4.91. The molecule has 1 fully saturated rings. The Balaban J connectivity index is 1.69. The SMILES string of the molecule is COc1c(Cl)cc(Cl)cc1CN1C[C@@H](Cc2ccncc2)[C@@H](O)C1. The first-order chi connectivity index (χ1) is 11.6. The summed E-state index contributed by atoms with van der Waals surface area (Å²) in [6.07, 6.45) is 4.06. The molecule has 1 saturated heterocycles. The van der Waals surface area contributed by atoms with Crippen LogP contribution in [0.3, 0.4) is 0 Å². The van der Waals surface area contributed by atoms with E-state index in [4.69, 9.17) is 27.9 Å². The Bertz CT molecular complexity index is 697. The van der Waals surface area contributed by atoms with Crippen LogP contribution in [0, 0.1) is 5.92 Å². The van der Waals surface area contributed by atoms with Crippen molar-refractivity contribution in [3.05, 3.63) is 57.8 Å². The topological polar surface area (TPSA) is 45.6 Å². The average molecular weight is 367 g/mol. The van der Waals surface area contributed by atoms with Crippen molar-refractivity contribution in [1.82, 2.24) is 9.88 Å². The molecule has 0 bridgehead atoms. The molecule has 0 radical (unpaired) electrons. The molecule has 128 valence electrons. The predicted molar refractivity (Wildman–Crippen MR) is 95.7 cm³/mol. The highest BCUT2D eigenvalue weighted by Crippen LogP contribution is 2.34. The predicted octanol–water partition coefficient (Wildman–Crippen LogP) is 3.43. The van der Waals surface area contributed by atoms with Crippen LogP contribution in [0.4, 0.5) is 0 Å². The van der Waals surface area contributed by atoms with Gasteiger partial charge in [-0.15, -0.1) is 0 Å². The van der Waals surface area contributed by atoms with Gasteiger partial charge in [0.05, 0.1) is 18.2 Å². The number of hydrogen-bond donors (Lipinski definition) is 1. The third-order valence-electron chi connectivity index (χ3n) is 4.41. The summed E-state index contributed by atoms with van der Waals surface area (Å²) in [7, 11) is 1.60. The summed E-state index contributed by atoms with van der Waals surface area (Å²) >= 11 is 12.3. The molecule has 1 aliphatic rings. The molecule has 2 heterocycles. The molecule has 0 aliphatic carbocycles. The Morgan fingerprint density at radius 1 is 1.25 bits per heavy atom. The average Bonchev–Trinajstić information content (AvgIpc) is 2.87. The number of likely N-dealkylation sites (tertiary alicyclic amines) is 1. The molecule has 24 heavy (non-hydrogen) atoms. The normalized spacial score (nSPS) is 21.2. The van der Waals surface area contributed by atoms with Crippen LogP contribution in [-0.4, -0.2) is 41.3 Å². The molecule has 0 saturated carbocycles. The van der Waals surface area contributed by atoms with E-state index in [-0.39, 0.29) is 12.0 Å². The van der Waals surface area contributed by atoms with Crippen LogP contribution in [0.2, 0.25) is 10.0 Å². The van der Waals surface area contributed by atoms with Crippen molar-refractivity contribution >= 4 is 23.2 Å². The van der Waals surface area contributed by atoms with Crippen LogP contribution < -0.4 is 4.74 Å². The summed E-state index contributed by atoms with van der Waals surface area (Å²) in [4.78, 5) is 6.24. The van der Waals surface area contributed by atoms with Crippen molar-refractivity contribution in [3.8, 4) is 5.75 Å². The zero-order chi connectivity index (χ0) is 17.1. The Labute approximate surface area is 152 Å². The van der Waals surface area contributed by atoms with E-state index in [2.05, 4.69) is 9.88 Å². The van der Waals surface area contributed by atoms with E-state index in [1.165, 1.54) is 5.56 Å². The number of rotatable bonds is 5. The summed E-state index contributed by atoms with van der Waals surface area (Å²) in [5.74, 6) is 0.848. The zero-order valence-electron chi connectivity index (χ0n) is 13.5. The Kier molecular flexibility index (Phi) is 5.61. The fourth-order valence-electron chi connectivity index (χ4n) is 3.29. The van der Waals surface area contributed by atoms with Gasteiger partial charge in [0.2, 0.25) is 0 Å². The lowest BCUT2D eigenvalue weighted by Crippen LogP contribution is -2.21. The first-order valence-corrected chi connectivity index (χ1v) is 8.63. The molecule has 2 aromatic rings. The Hall–Kier alpha value is -1.33. The van der Waals surface area contributed by atoms with Crippen molar-refractivity contribution in [3.63, 3.8) is 0 Å². The number of aliphatic hydroxyl groups excluding tert-OH is 1. The van der Waals surface area contributed by atoms with Gasteiger partial charge in [-0.1, -0.05) is 23.2 Å². The molecule has 1 aromatic heterocycles. The highest BCUT2D eigenvalue weighted by Gasteiger charge is 2.31. The van der Waals surface area contributed by atoms with Crippen LogP contribution in [0.1, 0.15) is 11.1 Å². The van der Waals surface area contributed by atoms with Crippen molar-refractivity contribution in [2.24, 2.45) is 5.92 Å². The van der Waals surface area contributed by atoms with Gasteiger partial charge in [-0.3, -0.25) is 9.88 Å². The number of methoxy groups -OCH3 is 1. The van der Waals surface area contributed by atoms with Gasteiger partial charge in [-0.2, -0.15) is 0 Å². The molecule has 0 unspecified atom stereocenters. The van der Waals surface area contributed by atoms with E-state index < -0.39 is 0 Å². The second-order valence-corrected chi connectivity index (χ2v) is 7.00. The number of ether oxygens (including phenoxy) is 1. The van der Waals surface area contributed by atoms with Crippen molar-refractivity contribution in [2.45, 2.75) is 19.1 Å². The van der Waals surface area contributed by atoms with Crippen molar-refractivity contribution < 1.29 is 9.84 Å². The minimum Gasteiger partial charge on any atom is -0.495 e. The summed E-state index contributed by atoms with van der Waals surface area (Å²) in [5.41, 5.74) is 2.13. The van der Waals surface area contributed by atoms with Gasteiger partial charge in [0.15, 0.2) is 0 Å². The molecular weight excluding hydrogens is 347 g/mol. The van der Waals surface area contributed by atoms with E-state index in [9.17, 15) is 5.11 Å². The smallest absolute Gasteiger partial charge is 0.142 e. The molecule has 0 spiro atoms. The first kappa shape index (κ1) is 17.5. The van der Waals surface area contributed by atoms with Gasteiger partial charge in [0, 0.05) is 48.5 Å². The number of hydrogen-bond acceptors (Lipinski definition) is 4. The number of β-amino-alcohol motifs (C(OH)–C–C–N with tert-alkyl or cyclic N) is 1. The van der Waals surface area contributed by atoms with E-state index in [0.29, 0.717) is 28.9 Å². The zero-order valence-corrected chi connectivity index (χ0v) is 15.0. The van der Waals surface area contributed by atoms with Crippen LogP contribution in [0.5, 0.6) is 5.75 Å². The number of benzene rings is 1. The van der Waals surface area contributed by atoms with Crippen LogP contribution in [0.25, 0.3) is 0 Å². The lowest BCUT2D eigenvalue weighted by Gasteiger charge is -2.18. The number of aromatic nitrogens is 1. The third kappa shape index (κ3) is 4.01. The molecule has 1 aromatic carbocycles. The van der Waals surface area contributed by atoms with E-state index >= 15 is 0 Å². The minimum absolute atomic E-state index is 0.202. The summed E-state index contributed by atoms with van der Waals surface area (Å²) < 4.78 is 5.40. The van der Waals surface area contributed by atoms with Gasteiger partial charge >= 0.3 is 0 Å². The molecule has 2 atom stereocenters. The van der Waals surface area contributed by atoms with Gasteiger partial charge < -0.3 is 9.84 Å². The molecule has 1 N–H and O–H groups in total. The fourth-order valence-corrected chi connectivity index (χ4v) is 3.91. The van der Waals surface area contributed by atoms with Gasteiger partial charge in [-0.05, 0) is 36.2 Å². The number of aliphatic hydroxyl groups is 1. The molecule has 1 aliphatic heterocycles. The molecule has 6 heteroatoms. The largest absolute Gasteiger partial charge is 0.495 e. The Morgan fingerprint density at radius 2 is 2.00 bits per heavy atom. The molecule has 0 amide bonds. The number of pyridine rings is 1. The van der Waals surface area contributed by atoms with Crippen LogP contribution >= 0.6 is 23.2 Å². The maximum absolute atomic E-state index is 10.4. The molecular formula is C18H20Cl2N2O2. The van der Waals surface area contributed by atoms with Crippen molar-refractivity contribution in [1.29, 1.82) is 0 Å². The highest BCUT2D eigenvalue weighted by atomic mass is 35.5. The second-order valence-electron chi connectivity index (χ2n) is 6.16. The minimum atomic E-state index is -0.348. The standard InChI is InChI=1S/C18H20Cl2N2O2/c1-24-18-14(7-15(19)8-16(18)20)10-22-9-13(17(23)11-22)6-12-2-4-21-5-3-12/h2-5,7-8,13,17,23H,6,9-11H2,1H3/t13-,17+/m1/s1. The second kappa shape index (κ2) is 7.70. The maximum atomic E-state index is 10.4. The summed E-state index contributed by atoms with van der Waals surface area (Å²) in [5, 5.41) is 11.5. The van der Waals surface area contributed by atoms with Crippen LogP contribution in [-0.2, 0) is 13.0 Å². The summed E-state index contributed by atoms with van der Waals surface area (Å²) in [6, 6.07) is 7.54. The lowest BCUT2D eigenvalue weighted by molar-refractivity contribution is 0.141. The monoisotopic (exact) mass is 366 g/mol. The van der Waals surface area contributed by atoms with Crippen molar-refractivity contribution in [2.75, 3.05) is 20.2 Å². The van der Waals surface area contributed by atoms with Gasteiger partial charge in [0.25, 0.3) is 0 Å². The molecule has 4 nitrogen and oxygen atoms in total. The quantitative estimate of drug-likeness (QED) is 0.880. The van der Waals surface area contributed by atoms with E-state index in [0.717, 1.165) is 18.5 Å². The molecule has 3 rings (SSSR count). The van der Waals surface area contributed by atoms with Crippen LogP contribution in [0.15, 0.2) is 36.7 Å². The van der Waals surface area contributed by atoms with E-state index in [1.54, 1.807) is 25.6 Å². The van der Waals surface area contributed by atoms with E-state index in [1.807, 2.05) is 18.2 Å². The fraction of sp³-hybridized carbons (Fsp3) is 0.389. The van der Waals surface area contributed by atoms with Gasteiger partial charge in [0.1, 0.15) is 5.75 Å². The maximum Gasteiger partial charge on any atom is 0.142 e. The number of nitrogens with zero attached hydrogens (tertiary/aromatic N) is 2. The lowest BCUT2D eigenvalue weighted by atomic mass is 9.97. The summed E-state index contributed by atoms with van der Waals surface area (Å²) in [6.45, 7) is 2.09. The van der Waals surface area contributed by atoms with Gasteiger partial charge in [-0.25, -0.2) is 0 Å². The number of halogens is 2.